The first-order chi connectivity index (χ1) is 18.9. The van der Waals surface area contributed by atoms with Crippen LogP contribution in [-0.2, 0) is 16.1 Å². The third kappa shape index (κ3) is 7.04. The minimum absolute atomic E-state index is 0.0491. The van der Waals surface area contributed by atoms with Crippen LogP contribution < -0.4 is 15.5 Å². The zero-order chi connectivity index (χ0) is 27.4. The van der Waals surface area contributed by atoms with E-state index in [0.29, 0.717) is 42.5 Å². The molecule has 7 nitrogen and oxygen atoms in total. The molecule has 3 aliphatic rings. The number of benzene rings is 2. The fourth-order valence-electron chi connectivity index (χ4n) is 5.88. The Morgan fingerprint density at radius 3 is 2.54 bits per heavy atom. The lowest BCUT2D eigenvalue weighted by atomic mass is 9.76. The molecular weight excluding hydrogens is 553 g/mol. The summed E-state index contributed by atoms with van der Waals surface area (Å²) in [6, 6.07) is 15.4. The molecule has 0 spiro atoms. The van der Waals surface area contributed by atoms with Gasteiger partial charge in [0.15, 0.2) is 5.11 Å². The van der Waals surface area contributed by atoms with E-state index in [9.17, 15) is 9.59 Å². The molecule has 1 saturated carbocycles. The maximum Gasteiger partial charge on any atom is 0.234 e. The summed E-state index contributed by atoms with van der Waals surface area (Å²) >= 11 is 17.7. The van der Waals surface area contributed by atoms with Gasteiger partial charge >= 0.3 is 0 Å². The molecule has 3 atom stereocenters. The average Bonchev–Trinajstić information content (AvgIpc) is 2.94. The first kappa shape index (κ1) is 28.1. The topological polar surface area (TPSA) is 67.9 Å². The third-order valence-corrected chi connectivity index (χ3v) is 8.93. The van der Waals surface area contributed by atoms with Crippen LogP contribution in [0.15, 0.2) is 48.5 Å². The van der Waals surface area contributed by atoms with Gasteiger partial charge in [-0.1, -0.05) is 41.4 Å². The van der Waals surface area contributed by atoms with Gasteiger partial charge in [-0.25, -0.2) is 0 Å². The van der Waals surface area contributed by atoms with Gasteiger partial charge in [-0.3, -0.25) is 19.4 Å². The van der Waals surface area contributed by atoms with Crippen LogP contribution in [0.1, 0.15) is 31.2 Å². The largest absolute Gasteiger partial charge is 0.369 e. The summed E-state index contributed by atoms with van der Waals surface area (Å²) in [7, 11) is 0. The number of rotatable bonds is 8. The molecule has 2 saturated heterocycles. The van der Waals surface area contributed by atoms with Crippen molar-refractivity contribution in [3.05, 3.63) is 64.1 Å². The van der Waals surface area contributed by atoms with Crippen molar-refractivity contribution in [1.82, 2.24) is 20.4 Å². The van der Waals surface area contributed by atoms with E-state index >= 15 is 0 Å². The highest BCUT2D eigenvalue weighted by Gasteiger charge is 2.44. The number of carbonyl (C=O) groups is 2. The molecule has 2 amide bonds. The summed E-state index contributed by atoms with van der Waals surface area (Å²) in [5, 5.41) is 8.36. The average molecular weight is 589 g/mol. The molecule has 208 valence electrons. The second-order valence-corrected chi connectivity index (χ2v) is 11.9. The smallest absolute Gasteiger partial charge is 0.234 e. The number of nitrogens with one attached hydrogen (secondary N) is 2. The lowest BCUT2D eigenvalue weighted by Gasteiger charge is -2.43. The summed E-state index contributed by atoms with van der Waals surface area (Å²) in [4.78, 5) is 32.7. The molecule has 2 aromatic carbocycles. The van der Waals surface area contributed by atoms with Crippen LogP contribution in [0.5, 0.6) is 0 Å². The standard InChI is InChI=1S/C29H35Cl2N5O2S/c30-22-8-5-20(6-9-22)19-36-28(38)25-10-7-21(17-26(25)33-29(36)39)27(37)32-11-2-12-34-13-15-35(16-14-34)24-4-1-3-23(31)18-24/h1,3-6,8-9,18,21,25-26H,2,7,10-17,19H2,(H,32,37)(H,33,39). The summed E-state index contributed by atoms with van der Waals surface area (Å²) < 4.78 is 0. The first-order valence-electron chi connectivity index (χ1n) is 13.7. The lowest BCUT2D eigenvalue weighted by Crippen LogP contribution is -2.61. The predicted molar refractivity (Wildman–Crippen MR) is 160 cm³/mol. The minimum atomic E-state index is -0.154. The SMILES string of the molecule is O=C(NCCCN1CCN(c2cccc(Cl)c2)CC1)C1CCC2C(=O)N(Cc3ccc(Cl)cc3)C(=S)NC2C1. The van der Waals surface area contributed by atoms with E-state index in [4.69, 9.17) is 35.4 Å². The van der Waals surface area contributed by atoms with E-state index in [1.807, 2.05) is 42.5 Å². The van der Waals surface area contributed by atoms with E-state index in [0.717, 1.165) is 49.7 Å². The highest BCUT2D eigenvalue weighted by atomic mass is 35.5. The molecule has 10 heteroatoms. The second-order valence-electron chi connectivity index (χ2n) is 10.7. The van der Waals surface area contributed by atoms with Gasteiger partial charge in [0.05, 0.1) is 12.5 Å². The molecule has 3 fully saturated rings. The number of carbonyl (C=O) groups excluding carboxylic acids is 2. The summed E-state index contributed by atoms with van der Waals surface area (Å²) in [5.41, 5.74) is 2.15. The van der Waals surface area contributed by atoms with Crippen molar-refractivity contribution in [2.45, 2.75) is 38.3 Å². The van der Waals surface area contributed by atoms with Crippen LogP contribution >= 0.6 is 35.4 Å². The molecule has 39 heavy (non-hydrogen) atoms. The summed E-state index contributed by atoms with van der Waals surface area (Å²) in [6.45, 7) is 6.00. The maximum atomic E-state index is 13.3. The molecule has 2 N–H and O–H groups in total. The Bertz CT molecular complexity index is 1190. The number of amides is 2. The monoisotopic (exact) mass is 587 g/mol. The normalized spacial score (nSPS) is 23.8. The van der Waals surface area contributed by atoms with Crippen molar-refractivity contribution in [3.8, 4) is 0 Å². The Labute approximate surface area is 245 Å². The Morgan fingerprint density at radius 2 is 1.79 bits per heavy atom. The highest BCUT2D eigenvalue weighted by molar-refractivity contribution is 7.80. The van der Waals surface area contributed by atoms with Crippen molar-refractivity contribution in [3.63, 3.8) is 0 Å². The maximum absolute atomic E-state index is 13.3. The van der Waals surface area contributed by atoms with Crippen molar-refractivity contribution in [1.29, 1.82) is 0 Å². The fourth-order valence-corrected chi connectivity index (χ4v) is 6.50. The lowest BCUT2D eigenvalue weighted by molar-refractivity contribution is -0.138. The van der Waals surface area contributed by atoms with Crippen molar-refractivity contribution < 1.29 is 9.59 Å². The van der Waals surface area contributed by atoms with Crippen LogP contribution in [0.4, 0.5) is 5.69 Å². The molecule has 2 heterocycles. The van der Waals surface area contributed by atoms with Crippen LogP contribution in [0.25, 0.3) is 0 Å². The molecule has 2 aromatic rings. The van der Waals surface area contributed by atoms with Crippen molar-refractivity contribution in [2.75, 3.05) is 44.2 Å². The number of halogens is 2. The minimum Gasteiger partial charge on any atom is -0.369 e. The van der Waals surface area contributed by atoms with Gasteiger partial charge < -0.3 is 15.5 Å². The van der Waals surface area contributed by atoms with E-state index in [-0.39, 0.29) is 29.7 Å². The van der Waals surface area contributed by atoms with E-state index in [1.54, 1.807) is 4.90 Å². The zero-order valence-electron chi connectivity index (χ0n) is 22.0. The Hall–Kier alpha value is -2.39. The first-order valence-corrected chi connectivity index (χ1v) is 14.9. The van der Waals surface area contributed by atoms with Crippen molar-refractivity contribution >= 4 is 58.0 Å². The third-order valence-electron chi connectivity index (χ3n) is 8.11. The quantitative estimate of drug-likeness (QED) is 0.354. The molecule has 1 aliphatic carbocycles. The van der Waals surface area contributed by atoms with Crippen LogP contribution in [0.3, 0.4) is 0 Å². The summed E-state index contributed by atoms with van der Waals surface area (Å²) in [5.74, 6) is -0.118. The van der Waals surface area contributed by atoms with Crippen LogP contribution in [-0.4, -0.2) is 72.0 Å². The van der Waals surface area contributed by atoms with E-state index in [1.165, 1.54) is 5.69 Å². The molecule has 2 aliphatic heterocycles. The Kier molecular flexibility index (Phi) is 9.28. The summed E-state index contributed by atoms with van der Waals surface area (Å²) in [6.07, 6.45) is 2.95. The van der Waals surface area contributed by atoms with Gasteiger partial charge in [0.2, 0.25) is 11.8 Å². The van der Waals surface area contributed by atoms with Crippen LogP contribution in [0, 0.1) is 11.8 Å². The highest BCUT2D eigenvalue weighted by Crippen LogP contribution is 2.34. The molecule has 0 radical (unpaired) electrons. The van der Waals surface area contributed by atoms with Gasteiger partial charge in [0, 0.05) is 60.4 Å². The van der Waals surface area contributed by atoms with Gasteiger partial charge in [-0.2, -0.15) is 0 Å². The second kappa shape index (κ2) is 12.9. The van der Waals surface area contributed by atoms with E-state index < -0.39 is 0 Å². The number of piperazine rings is 1. The molecular formula is C29H35Cl2N5O2S. The van der Waals surface area contributed by atoms with Crippen LogP contribution in [0.2, 0.25) is 10.0 Å². The number of thiocarbonyl (C=S) groups is 1. The molecule has 5 rings (SSSR count). The molecule has 3 unspecified atom stereocenters. The number of anilines is 1. The number of nitrogens with zero attached hydrogens (tertiary/aromatic N) is 3. The number of hydrogen-bond acceptors (Lipinski definition) is 5. The van der Waals surface area contributed by atoms with Gasteiger partial charge in [-0.05, 0) is 80.3 Å². The molecule has 0 aromatic heterocycles. The van der Waals surface area contributed by atoms with Gasteiger partial charge in [-0.15, -0.1) is 0 Å². The van der Waals surface area contributed by atoms with Gasteiger partial charge in [0.1, 0.15) is 0 Å². The zero-order valence-corrected chi connectivity index (χ0v) is 24.3. The van der Waals surface area contributed by atoms with Crippen molar-refractivity contribution in [2.24, 2.45) is 11.8 Å². The number of hydrogen-bond donors (Lipinski definition) is 2. The molecule has 0 bridgehead atoms. The Morgan fingerprint density at radius 1 is 1.03 bits per heavy atom. The fraction of sp³-hybridized carbons (Fsp3) is 0.483. The predicted octanol–water partition coefficient (Wildman–Crippen LogP) is 4.32. The van der Waals surface area contributed by atoms with E-state index in [2.05, 4.69) is 26.5 Å². The Balaban J connectivity index is 1.02. The van der Waals surface area contributed by atoms with Gasteiger partial charge in [0.25, 0.3) is 0 Å². The number of fused-ring (bicyclic) bond motifs is 1.